The molecular formula is C23H32N2O3. The Bertz CT molecular complexity index is 697. The number of amides is 1. The minimum absolute atomic E-state index is 0.201. The SMILES string of the molecule is CN(C)CCCOc1ccc(CCCCc2ccc(CC(=O)NO)cc2)cc1. The average Bonchev–Trinajstić information content (AvgIpc) is 2.70. The fraction of sp³-hybridized carbons (Fsp3) is 0.435. The normalized spacial score (nSPS) is 10.9. The van der Waals surface area contributed by atoms with Gasteiger partial charge in [-0.2, -0.15) is 0 Å². The van der Waals surface area contributed by atoms with Crippen molar-refractivity contribution >= 4 is 5.91 Å². The fourth-order valence-electron chi connectivity index (χ4n) is 3.03. The molecule has 0 spiro atoms. The van der Waals surface area contributed by atoms with Gasteiger partial charge in [-0.25, -0.2) is 5.48 Å². The van der Waals surface area contributed by atoms with Crippen molar-refractivity contribution in [3.8, 4) is 5.75 Å². The first-order valence-electron chi connectivity index (χ1n) is 9.94. The molecule has 0 unspecified atom stereocenters. The van der Waals surface area contributed by atoms with Gasteiger partial charge in [-0.3, -0.25) is 10.0 Å². The highest BCUT2D eigenvalue weighted by Gasteiger charge is 2.02. The van der Waals surface area contributed by atoms with Gasteiger partial charge in [-0.15, -0.1) is 0 Å². The molecule has 0 aliphatic rings. The Morgan fingerprint density at radius 2 is 1.43 bits per heavy atom. The number of nitrogens with zero attached hydrogens (tertiary/aromatic N) is 1. The van der Waals surface area contributed by atoms with Crippen molar-refractivity contribution in [2.24, 2.45) is 0 Å². The lowest BCUT2D eigenvalue weighted by atomic mass is 10.0. The van der Waals surface area contributed by atoms with Crippen molar-refractivity contribution in [2.45, 2.75) is 38.5 Å². The number of rotatable bonds is 12. The number of hydrogen-bond acceptors (Lipinski definition) is 4. The van der Waals surface area contributed by atoms with Crippen LogP contribution in [0.5, 0.6) is 5.75 Å². The van der Waals surface area contributed by atoms with Crippen LogP contribution >= 0.6 is 0 Å². The molecule has 0 bridgehead atoms. The molecule has 152 valence electrons. The zero-order valence-corrected chi connectivity index (χ0v) is 17.0. The van der Waals surface area contributed by atoms with E-state index in [2.05, 4.69) is 55.4 Å². The van der Waals surface area contributed by atoms with Crippen LogP contribution in [0.25, 0.3) is 0 Å². The molecule has 5 nitrogen and oxygen atoms in total. The number of unbranched alkanes of at least 4 members (excludes halogenated alkanes) is 1. The minimum Gasteiger partial charge on any atom is -0.494 e. The zero-order valence-electron chi connectivity index (χ0n) is 17.0. The summed E-state index contributed by atoms with van der Waals surface area (Å²) in [7, 11) is 4.14. The lowest BCUT2D eigenvalue weighted by molar-refractivity contribution is -0.128. The summed E-state index contributed by atoms with van der Waals surface area (Å²) in [6.07, 6.45) is 5.59. The van der Waals surface area contributed by atoms with Crippen molar-refractivity contribution in [3.05, 3.63) is 65.2 Å². The topological polar surface area (TPSA) is 61.8 Å². The summed E-state index contributed by atoms with van der Waals surface area (Å²) in [4.78, 5) is 13.3. The van der Waals surface area contributed by atoms with Crippen LogP contribution in [0.1, 0.15) is 36.0 Å². The Morgan fingerprint density at radius 1 is 0.893 bits per heavy atom. The van der Waals surface area contributed by atoms with E-state index in [0.29, 0.717) is 0 Å². The average molecular weight is 385 g/mol. The van der Waals surface area contributed by atoms with E-state index in [1.165, 1.54) is 11.1 Å². The van der Waals surface area contributed by atoms with E-state index in [-0.39, 0.29) is 6.42 Å². The first-order chi connectivity index (χ1) is 13.6. The van der Waals surface area contributed by atoms with Crippen molar-refractivity contribution < 1.29 is 14.7 Å². The third-order valence-corrected chi connectivity index (χ3v) is 4.64. The van der Waals surface area contributed by atoms with Crippen LogP contribution in [0.15, 0.2) is 48.5 Å². The molecule has 2 rings (SSSR count). The molecule has 2 N–H and O–H groups in total. The van der Waals surface area contributed by atoms with E-state index in [1.807, 2.05) is 12.1 Å². The van der Waals surface area contributed by atoms with E-state index in [9.17, 15) is 4.79 Å². The van der Waals surface area contributed by atoms with Gasteiger partial charge in [0.1, 0.15) is 5.75 Å². The van der Waals surface area contributed by atoms with Crippen molar-refractivity contribution in [3.63, 3.8) is 0 Å². The van der Waals surface area contributed by atoms with Gasteiger partial charge in [0, 0.05) is 6.54 Å². The molecule has 0 atom stereocenters. The van der Waals surface area contributed by atoms with E-state index >= 15 is 0 Å². The summed E-state index contributed by atoms with van der Waals surface area (Å²) in [6.45, 7) is 1.79. The van der Waals surface area contributed by atoms with Crippen LogP contribution < -0.4 is 10.2 Å². The van der Waals surface area contributed by atoms with Crippen molar-refractivity contribution in [2.75, 3.05) is 27.2 Å². The molecule has 5 heteroatoms. The summed E-state index contributed by atoms with van der Waals surface area (Å²) in [5.74, 6) is 0.551. The van der Waals surface area contributed by atoms with Gasteiger partial charge >= 0.3 is 0 Å². The zero-order chi connectivity index (χ0) is 20.2. The highest BCUT2D eigenvalue weighted by atomic mass is 16.5. The lowest BCUT2D eigenvalue weighted by Gasteiger charge is -2.10. The summed E-state index contributed by atoms with van der Waals surface area (Å²) in [5.41, 5.74) is 5.17. The predicted octanol–water partition coefficient (Wildman–Crippen LogP) is 3.63. The number of hydroxylamine groups is 1. The number of benzene rings is 2. The quantitative estimate of drug-likeness (QED) is 0.333. The first-order valence-corrected chi connectivity index (χ1v) is 9.94. The van der Waals surface area contributed by atoms with E-state index in [1.54, 1.807) is 5.48 Å². The third kappa shape index (κ3) is 8.55. The number of ether oxygens (including phenoxy) is 1. The second kappa shape index (κ2) is 12.2. The van der Waals surface area contributed by atoms with Gasteiger partial charge in [-0.1, -0.05) is 36.4 Å². The van der Waals surface area contributed by atoms with Gasteiger partial charge in [0.05, 0.1) is 13.0 Å². The molecule has 0 aromatic heterocycles. The number of nitrogens with one attached hydrogen (secondary N) is 1. The van der Waals surface area contributed by atoms with Gasteiger partial charge in [0.25, 0.3) is 0 Å². The summed E-state index contributed by atoms with van der Waals surface area (Å²) < 4.78 is 5.77. The second-order valence-corrected chi connectivity index (χ2v) is 7.38. The second-order valence-electron chi connectivity index (χ2n) is 7.38. The van der Waals surface area contributed by atoms with Crippen LogP contribution in [0.4, 0.5) is 0 Å². The van der Waals surface area contributed by atoms with Crippen LogP contribution in [0.3, 0.4) is 0 Å². The largest absolute Gasteiger partial charge is 0.494 e. The van der Waals surface area contributed by atoms with Crippen LogP contribution in [0, 0.1) is 0 Å². The third-order valence-electron chi connectivity index (χ3n) is 4.64. The van der Waals surface area contributed by atoms with Crippen LogP contribution in [0.2, 0.25) is 0 Å². The Hall–Kier alpha value is -2.37. The number of aryl methyl sites for hydroxylation is 2. The number of carbonyl (C=O) groups excluding carboxylic acids is 1. The van der Waals surface area contributed by atoms with E-state index in [0.717, 1.165) is 56.6 Å². The predicted molar refractivity (Wildman–Crippen MR) is 112 cm³/mol. The molecule has 0 heterocycles. The monoisotopic (exact) mass is 384 g/mol. The molecular weight excluding hydrogens is 352 g/mol. The minimum atomic E-state index is -0.391. The molecule has 0 radical (unpaired) electrons. The standard InChI is InChI=1S/C23H32N2O3/c1-25(2)16-5-17-28-22-14-12-20(13-15-22)7-4-3-6-19-8-10-21(11-9-19)18-23(26)24-27/h8-15,27H,3-7,16-18H2,1-2H3,(H,24,26). The highest BCUT2D eigenvalue weighted by molar-refractivity contribution is 5.77. The van der Waals surface area contributed by atoms with Gasteiger partial charge in [-0.05, 0) is 75.0 Å². The van der Waals surface area contributed by atoms with Gasteiger partial charge < -0.3 is 9.64 Å². The lowest BCUT2D eigenvalue weighted by Crippen LogP contribution is -2.20. The van der Waals surface area contributed by atoms with E-state index in [4.69, 9.17) is 9.94 Å². The first kappa shape index (κ1) is 21.9. The number of hydrogen-bond donors (Lipinski definition) is 2. The van der Waals surface area contributed by atoms with Gasteiger partial charge in [0.2, 0.25) is 5.91 Å². The van der Waals surface area contributed by atoms with E-state index < -0.39 is 5.91 Å². The maximum atomic E-state index is 11.2. The molecule has 0 fully saturated rings. The molecule has 2 aromatic rings. The summed E-state index contributed by atoms with van der Waals surface area (Å²) >= 11 is 0. The molecule has 1 amide bonds. The molecule has 0 aliphatic carbocycles. The van der Waals surface area contributed by atoms with Crippen molar-refractivity contribution in [1.29, 1.82) is 0 Å². The Balaban J connectivity index is 1.64. The fourth-order valence-corrected chi connectivity index (χ4v) is 3.03. The number of carbonyl (C=O) groups is 1. The Labute approximate surface area is 168 Å². The Kier molecular flexibility index (Phi) is 9.52. The van der Waals surface area contributed by atoms with Gasteiger partial charge in [0.15, 0.2) is 0 Å². The van der Waals surface area contributed by atoms with Crippen LogP contribution in [-0.2, 0) is 24.1 Å². The summed E-state index contributed by atoms with van der Waals surface area (Å²) in [5, 5.41) is 8.56. The maximum Gasteiger partial charge on any atom is 0.247 e. The molecule has 28 heavy (non-hydrogen) atoms. The molecule has 0 saturated heterocycles. The Morgan fingerprint density at radius 3 is 1.96 bits per heavy atom. The molecule has 2 aromatic carbocycles. The highest BCUT2D eigenvalue weighted by Crippen LogP contribution is 2.15. The smallest absolute Gasteiger partial charge is 0.247 e. The molecule has 0 aliphatic heterocycles. The van der Waals surface area contributed by atoms with Crippen LogP contribution in [-0.4, -0.2) is 43.3 Å². The summed E-state index contributed by atoms with van der Waals surface area (Å²) in [6, 6.07) is 16.4. The maximum absolute atomic E-state index is 11.2. The molecule has 0 saturated carbocycles. The van der Waals surface area contributed by atoms with Crippen molar-refractivity contribution in [1.82, 2.24) is 10.4 Å².